The van der Waals surface area contributed by atoms with Crippen LogP contribution in [0, 0.1) is 15.9 Å². The summed E-state index contributed by atoms with van der Waals surface area (Å²) in [5.41, 5.74) is -0.516. The zero-order valence-corrected chi connectivity index (χ0v) is 15.0. The summed E-state index contributed by atoms with van der Waals surface area (Å²) in [6, 6.07) is 6.02. The highest BCUT2D eigenvalue weighted by atomic mass is 19.1. The zero-order chi connectivity index (χ0) is 20.0. The SMILES string of the molecule is CCOc1cc(C(=O)OCc2cc(F)ccc2OC)c([N+](=O)[O-])cc1OC. The van der Waals surface area contributed by atoms with E-state index >= 15 is 0 Å². The number of halogens is 1. The van der Waals surface area contributed by atoms with E-state index in [-0.39, 0.29) is 35.8 Å². The second-order valence-electron chi connectivity index (χ2n) is 5.24. The van der Waals surface area contributed by atoms with E-state index in [2.05, 4.69) is 0 Å². The van der Waals surface area contributed by atoms with Crippen LogP contribution in [0.2, 0.25) is 0 Å². The number of hydrogen-bond donors (Lipinski definition) is 0. The standard InChI is InChI=1S/C18H18FNO7/c1-4-26-17-8-13(14(20(22)23)9-16(17)25-3)18(21)27-10-11-7-12(19)5-6-15(11)24-2/h5-9H,4,10H2,1-3H3. The normalized spacial score (nSPS) is 10.2. The Morgan fingerprint density at radius 3 is 2.41 bits per heavy atom. The molecule has 8 nitrogen and oxygen atoms in total. The maximum Gasteiger partial charge on any atom is 0.345 e. The molecule has 27 heavy (non-hydrogen) atoms. The Kier molecular flexibility index (Phi) is 6.53. The van der Waals surface area contributed by atoms with Gasteiger partial charge in [-0.2, -0.15) is 0 Å². The third kappa shape index (κ3) is 4.63. The number of esters is 1. The molecule has 9 heteroatoms. The monoisotopic (exact) mass is 379 g/mol. The van der Waals surface area contributed by atoms with Crippen LogP contribution in [-0.2, 0) is 11.3 Å². The predicted molar refractivity (Wildman–Crippen MR) is 92.9 cm³/mol. The number of carbonyl (C=O) groups excluding carboxylic acids is 1. The van der Waals surface area contributed by atoms with Crippen molar-refractivity contribution in [2.24, 2.45) is 0 Å². The highest BCUT2D eigenvalue weighted by Crippen LogP contribution is 2.35. The fourth-order valence-corrected chi connectivity index (χ4v) is 2.37. The van der Waals surface area contributed by atoms with Gasteiger partial charge in [-0.05, 0) is 25.1 Å². The molecule has 0 saturated heterocycles. The molecule has 2 aromatic carbocycles. The molecular formula is C18H18FNO7. The predicted octanol–water partition coefficient (Wildman–Crippen LogP) is 3.51. The van der Waals surface area contributed by atoms with E-state index in [1.54, 1.807) is 6.92 Å². The number of methoxy groups -OCH3 is 2. The van der Waals surface area contributed by atoms with Gasteiger partial charge in [0.1, 0.15) is 23.7 Å². The summed E-state index contributed by atoms with van der Waals surface area (Å²) in [7, 11) is 2.72. The van der Waals surface area contributed by atoms with E-state index in [9.17, 15) is 19.3 Å². The minimum atomic E-state index is -0.961. The lowest BCUT2D eigenvalue weighted by molar-refractivity contribution is -0.385. The molecule has 144 valence electrons. The van der Waals surface area contributed by atoms with Gasteiger partial charge in [0.2, 0.25) is 0 Å². The van der Waals surface area contributed by atoms with Crippen molar-refractivity contribution in [3.63, 3.8) is 0 Å². The number of benzene rings is 2. The van der Waals surface area contributed by atoms with Crippen molar-refractivity contribution < 1.29 is 33.1 Å². The second-order valence-corrected chi connectivity index (χ2v) is 5.24. The lowest BCUT2D eigenvalue weighted by Gasteiger charge is -2.12. The second kappa shape index (κ2) is 8.84. The quantitative estimate of drug-likeness (QED) is 0.393. The van der Waals surface area contributed by atoms with Gasteiger partial charge < -0.3 is 18.9 Å². The molecular weight excluding hydrogens is 361 g/mol. The van der Waals surface area contributed by atoms with E-state index in [1.807, 2.05) is 0 Å². The third-order valence-corrected chi connectivity index (χ3v) is 3.60. The van der Waals surface area contributed by atoms with Gasteiger partial charge >= 0.3 is 5.97 Å². The van der Waals surface area contributed by atoms with Crippen molar-refractivity contribution in [3.8, 4) is 17.2 Å². The molecule has 0 aliphatic rings. The Bertz CT molecular complexity index is 854. The van der Waals surface area contributed by atoms with Crippen molar-refractivity contribution in [2.45, 2.75) is 13.5 Å². The fourth-order valence-electron chi connectivity index (χ4n) is 2.37. The average Bonchev–Trinajstić information content (AvgIpc) is 2.65. The minimum absolute atomic E-state index is 0.117. The molecule has 0 saturated carbocycles. The van der Waals surface area contributed by atoms with Crippen LogP contribution in [0.25, 0.3) is 0 Å². The van der Waals surface area contributed by atoms with Crippen LogP contribution < -0.4 is 14.2 Å². The molecule has 0 aliphatic carbocycles. The van der Waals surface area contributed by atoms with Crippen LogP contribution in [0.4, 0.5) is 10.1 Å². The molecule has 0 unspecified atom stereocenters. The minimum Gasteiger partial charge on any atom is -0.496 e. The maximum atomic E-state index is 13.4. The summed E-state index contributed by atoms with van der Waals surface area (Å²) >= 11 is 0. The lowest BCUT2D eigenvalue weighted by atomic mass is 10.1. The first kappa shape index (κ1) is 20.0. The molecule has 0 aliphatic heterocycles. The van der Waals surface area contributed by atoms with Crippen molar-refractivity contribution in [2.75, 3.05) is 20.8 Å². The summed E-state index contributed by atoms with van der Waals surface area (Å²) in [5, 5.41) is 11.3. The van der Waals surface area contributed by atoms with E-state index in [0.717, 1.165) is 12.1 Å². The number of carbonyl (C=O) groups is 1. The van der Waals surface area contributed by atoms with Gasteiger partial charge in [-0.1, -0.05) is 0 Å². The van der Waals surface area contributed by atoms with Crippen LogP contribution >= 0.6 is 0 Å². The van der Waals surface area contributed by atoms with Gasteiger partial charge in [0.15, 0.2) is 11.5 Å². The number of hydrogen-bond acceptors (Lipinski definition) is 7. The average molecular weight is 379 g/mol. The van der Waals surface area contributed by atoms with E-state index in [1.165, 1.54) is 32.4 Å². The molecule has 0 aromatic heterocycles. The summed E-state index contributed by atoms with van der Waals surface area (Å²) in [6.07, 6.45) is 0. The smallest absolute Gasteiger partial charge is 0.345 e. The highest BCUT2D eigenvalue weighted by molar-refractivity contribution is 5.95. The van der Waals surface area contributed by atoms with Gasteiger partial charge in [-0.25, -0.2) is 9.18 Å². The first-order chi connectivity index (χ1) is 12.9. The molecule has 0 radical (unpaired) electrons. The van der Waals surface area contributed by atoms with E-state index in [4.69, 9.17) is 18.9 Å². The van der Waals surface area contributed by atoms with Crippen LogP contribution in [0.15, 0.2) is 30.3 Å². The van der Waals surface area contributed by atoms with Crippen LogP contribution in [0.1, 0.15) is 22.8 Å². The number of nitrogens with zero attached hydrogens (tertiary/aromatic N) is 1. The molecule has 0 heterocycles. The topological polar surface area (TPSA) is 97.1 Å². The Hall–Kier alpha value is -3.36. The van der Waals surface area contributed by atoms with Gasteiger partial charge in [0.05, 0.1) is 31.8 Å². The van der Waals surface area contributed by atoms with Gasteiger partial charge in [0, 0.05) is 11.6 Å². The fraction of sp³-hybridized carbons (Fsp3) is 0.278. The summed E-state index contributed by atoms with van der Waals surface area (Å²) in [6.45, 7) is 1.66. The molecule has 0 N–H and O–H groups in total. The molecule has 0 spiro atoms. The Morgan fingerprint density at radius 1 is 1.11 bits per heavy atom. The van der Waals surface area contributed by atoms with Gasteiger partial charge in [0.25, 0.3) is 5.69 Å². The number of nitro groups is 1. The molecule has 0 amide bonds. The lowest BCUT2D eigenvalue weighted by Crippen LogP contribution is -2.10. The molecule has 0 fully saturated rings. The highest BCUT2D eigenvalue weighted by Gasteiger charge is 2.26. The summed E-state index contributed by atoms with van der Waals surface area (Å²) in [5.74, 6) is -0.885. The van der Waals surface area contributed by atoms with Crippen LogP contribution in [0.5, 0.6) is 17.2 Å². The number of rotatable bonds is 8. The van der Waals surface area contributed by atoms with E-state index < -0.39 is 22.4 Å². The first-order valence-corrected chi connectivity index (χ1v) is 7.90. The molecule has 0 bridgehead atoms. The summed E-state index contributed by atoms with van der Waals surface area (Å²) in [4.78, 5) is 23.0. The Labute approximate surface area is 154 Å². The van der Waals surface area contributed by atoms with Crippen LogP contribution in [-0.4, -0.2) is 31.7 Å². The zero-order valence-electron chi connectivity index (χ0n) is 15.0. The number of ether oxygens (including phenoxy) is 4. The Morgan fingerprint density at radius 2 is 1.81 bits per heavy atom. The van der Waals surface area contributed by atoms with Crippen molar-refractivity contribution in [1.29, 1.82) is 0 Å². The number of nitro benzene ring substituents is 1. The molecule has 2 aromatic rings. The first-order valence-electron chi connectivity index (χ1n) is 7.90. The van der Waals surface area contributed by atoms with Gasteiger partial charge in [-0.15, -0.1) is 0 Å². The largest absolute Gasteiger partial charge is 0.496 e. The molecule has 2 rings (SSSR count). The van der Waals surface area contributed by atoms with Crippen molar-refractivity contribution in [3.05, 3.63) is 57.4 Å². The van der Waals surface area contributed by atoms with Crippen molar-refractivity contribution >= 4 is 11.7 Å². The van der Waals surface area contributed by atoms with Gasteiger partial charge in [-0.3, -0.25) is 10.1 Å². The van der Waals surface area contributed by atoms with Crippen molar-refractivity contribution in [1.82, 2.24) is 0 Å². The maximum absolute atomic E-state index is 13.4. The van der Waals surface area contributed by atoms with Crippen LogP contribution in [0.3, 0.4) is 0 Å². The Balaban J connectivity index is 2.33. The summed E-state index contributed by atoms with van der Waals surface area (Å²) < 4.78 is 34.0. The van der Waals surface area contributed by atoms with E-state index in [0.29, 0.717) is 5.75 Å². The molecule has 0 atom stereocenters. The third-order valence-electron chi connectivity index (χ3n) is 3.60.